The molecule has 0 spiro atoms. The van der Waals surface area contributed by atoms with Crippen molar-refractivity contribution in [3.63, 3.8) is 0 Å². The van der Waals surface area contributed by atoms with Crippen LogP contribution in [-0.2, 0) is 6.42 Å². The molecule has 114 valence electrons. The van der Waals surface area contributed by atoms with E-state index in [2.05, 4.69) is 62.3 Å². The van der Waals surface area contributed by atoms with Crippen molar-refractivity contribution in [3.8, 4) is 0 Å². The van der Waals surface area contributed by atoms with Gasteiger partial charge in [0.15, 0.2) is 0 Å². The molecule has 1 aromatic heterocycles. The average molecular weight is 302 g/mol. The lowest BCUT2D eigenvalue weighted by Gasteiger charge is -2.18. The largest absolute Gasteiger partial charge is 0.316 e. The monoisotopic (exact) mass is 302 g/mol. The Kier molecular flexibility index (Phi) is 5.95. The minimum atomic E-state index is 0.518. The molecule has 0 saturated heterocycles. The van der Waals surface area contributed by atoms with Gasteiger partial charge in [-0.3, -0.25) is 0 Å². The van der Waals surface area contributed by atoms with Crippen LogP contribution in [0, 0.1) is 19.8 Å². The van der Waals surface area contributed by atoms with E-state index in [-0.39, 0.29) is 0 Å². The van der Waals surface area contributed by atoms with E-state index in [4.69, 9.17) is 0 Å². The molecule has 2 nitrogen and oxygen atoms in total. The van der Waals surface area contributed by atoms with E-state index in [1.807, 2.05) is 17.5 Å². The molecule has 1 aromatic carbocycles. The van der Waals surface area contributed by atoms with Crippen LogP contribution in [0.25, 0.3) is 0 Å². The summed E-state index contributed by atoms with van der Waals surface area (Å²) in [5.41, 5.74) is 2.74. The predicted octanol–water partition coefficient (Wildman–Crippen LogP) is 4.33. The zero-order valence-electron chi connectivity index (χ0n) is 13.5. The molecule has 1 N–H and O–H groups in total. The fraction of sp³-hybridized carbons (Fsp3) is 0.500. The number of thiazole rings is 1. The van der Waals surface area contributed by atoms with Crippen molar-refractivity contribution in [2.45, 2.75) is 40.0 Å². The minimum absolute atomic E-state index is 0.518. The number of benzene rings is 1. The third-order valence-electron chi connectivity index (χ3n) is 3.61. The number of hydrogen-bond donors (Lipinski definition) is 1. The Morgan fingerprint density at radius 3 is 2.38 bits per heavy atom. The third kappa shape index (κ3) is 5.25. The number of aryl methyl sites for hydroxylation is 2. The first-order valence-corrected chi connectivity index (χ1v) is 8.55. The van der Waals surface area contributed by atoms with Crippen molar-refractivity contribution in [1.29, 1.82) is 0 Å². The van der Waals surface area contributed by atoms with E-state index in [0.29, 0.717) is 11.8 Å². The third-order valence-corrected chi connectivity index (χ3v) is 4.54. The van der Waals surface area contributed by atoms with Crippen LogP contribution in [0.4, 0.5) is 0 Å². The van der Waals surface area contributed by atoms with Gasteiger partial charge < -0.3 is 5.32 Å². The minimum Gasteiger partial charge on any atom is -0.316 e. The molecule has 0 saturated carbocycles. The number of aromatic nitrogens is 1. The van der Waals surface area contributed by atoms with Crippen molar-refractivity contribution < 1.29 is 0 Å². The van der Waals surface area contributed by atoms with Crippen LogP contribution in [0.5, 0.6) is 0 Å². The Morgan fingerprint density at radius 2 is 1.81 bits per heavy atom. The van der Waals surface area contributed by atoms with Gasteiger partial charge in [-0.05, 0) is 38.3 Å². The van der Waals surface area contributed by atoms with Crippen LogP contribution in [-0.4, -0.2) is 18.1 Å². The zero-order chi connectivity index (χ0) is 15.2. The van der Waals surface area contributed by atoms with E-state index in [0.717, 1.165) is 24.5 Å². The number of rotatable bonds is 7. The molecule has 0 amide bonds. The van der Waals surface area contributed by atoms with Gasteiger partial charge in [-0.2, -0.15) is 0 Å². The van der Waals surface area contributed by atoms with Gasteiger partial charge >= 0.3 is 0 Å². The van der Waals surface area contributed by atoms with Gasteiger partial charge in [0.25, 0.3) is 0 Å². The van der Waals surface area contributed by atoms with Gasteiger partial charge in [-0.1, -0.05) is 43.7 Å². The van der Waals surface area contributed by atoms with Gasteiger partial charge in [0.05, 0.1) is 5.01 Å². The highest BCUT2D eigenvalue weighted by Gasteiger charge is 2.14. The summed E-state index contributed by atoms with van der Waals surface area (Å²) >= 11 is 1.81. The van der Waals surface area contributed by atoms with Gasteiger partial charge in [0.1, 0.15) is 0 Å². The van der Waals surface area contributed by atoms with Crippen molar-refractivity contribution in [2.75, 3.05) is 13.1 Å². The lowest BCUT2D eigenvalue weighted by Crippen LogP contribution is -2.26. The van der Waals surface area contributed by atoms with E-state index in [9.17, 15) is 0 Å². The molecule has 3 heteroatoms. The lowest BCUT2D eigenvalue weighted by atomic mass is 9.94. The van der Waals surface area contributed by atoms with Crippen molar-refractivity contribution >= 4 is 11.3 Å². The fourth-order valence-corrected chi connectivity index (χ4v) is 3.31. The Bertz CT molecular complexity index is 543. The standard InChI is InChI=1S/C18H26N2S/c1-13(2)10-19-11-17(9-18-12-20-15(4)21-18)16-7-5-14(3)6-8-16/h5-8,12-13,17,19H,9-11H2,1-4H3. The Balaban J connectivity index is 2.07. The maximum atomic E-state index is 4.38. The number of hydrogen-bond acceptors (Lipinski definition) is 3. The molecule has 2 aromatic rings. The molecule has 0 radical (unpaired) electrons. The van der Waals surface area contributed by atoms with E-state index in [1.54, 1.807) is 0 Å². The maximum absolute atomic E-state index is 4.38. The van der Waals surface area contributed by atoms with Crippen LogP contribution in [0.3, 0.4) is 0 Å². The van der Waals surface area contributed by atoms with Crippen molar-refractivity contribution in [2.24, 2.45) is 5.92 Å². The van der Waals surface area contributed by atoms with Gasteiger partial charge in [0, 0.05) is 23.5 Å². The highest BCUT2D eigenvalue weighted by Crippen LogP contribution is 2.24. The molecular formula is C18H26N2S. The molecule has 1 unspecified atom stereocenters. The first kappa shape index (κ1) is 16.2. The van der Waals surface area contributed by atoms with Crippen LogP contribution in [0.1, 0.15) is 40.8 Å². The molecule has 21 heavy (non-hydrogen) atoms. The van der Waals surface area contributed by atoms with Crippen LogP contribution in [0.2, 0.25) is 0 Å². The second-order valence-electron chi connectivity index (χ2n) is 6.21. The van der Waals surface area contributed by atoms with Crippen LogP contribution >= 0.6 is 11.3 Å². The summed E-state index contributed by atoms with van der Waals surface area (Å²) in [7, 11) is 0. The Hall–Kier alpha value is -1.19. The van der Waals surface area contributed by atoms with E-state index in [1.165, 1.54) is 16.0 Å². The topological polar surface area (TPSA) is 24.9 Å². The van der Waals surface area contributed by atoms with Crippen molar-refractivity contribution in [3.05, 3.63) is 51.5 Å². The molecule has 1 atom stereocenters. The summed E-state index contributed by atoms with van der Waals surface area (Å²) in [6, 6.07) is 8.96. The molecule has 0 aliphatic carbocycles. The molecular weight excluding hydrogens is 276 g/mol. The molecule has 0 bridgehead atoms. The number of nitrogens with one attached hydrogen (secondary N) is 1. The first-order valence-electron chi connectivity index (χ1n) is 7.73. The molecule has 1 heterocycles. The molecule has 2 rings (SSSR count). The Labute approximate surface area is 132 Å². The van der Waals surface area contributed by atoms with E-state index < -0.39 is 0 Å². The zero-order valence-corrected chi connectivity index (χ0v) is 14.3. The quantitative estimate of drug-likeness (QED) is 0.823. The predicted molar refractivity (Wildman–Crippen MR) is 92.2 cm³/mol. The lowest BCUT2D eigenvalue weighted by molar-refractivity contribution is 0.515. The van der Waals surface area contributed by atoms with Gasteiger partial charge in [0.2, 0.25) is 0 Å². The summed E-state index contributed by atoms with van der Waals surface area (Å²) in [6.45, 7) is 10.8. The summed E-state index contributed by atoms with van der Waals surface area (Å²) < 4.78 is 0. The normalized spacial score (nSPS) is 12.8. The average Bonchev–Trinajstić information content (AvgIpc) is 2.84. The number of nitrogens with zero attached hydrogens (tertiary/aromatic N) is 1. The summed E-state index contributed by atoms with van der Waals surface area (Å²) in [5, 5.41) is 4.76. The van der Waals surface area contributed by atoms with Crippen LogP contribution in [0.15, 0.2) is 30.5 Å². The Morgan fingerprint density at radius 1 is 1.10 bits per heavy atom. The van der Waals surface area contributed by atoms with Crippen LogP contribution < -0.4 is 5.32 Å². The highest BCUT2D eigenvalue weighted by molar-refractivity contribution is 7.11. The SMILES string of the molecule is Cc1ccc(C(CNCC(C)C)Cc2cnc(C)s2)cc1. The fourth-order valence-electron chi connectivity index (χ4n) is 2.44. The van der Waals surface area contributed by atoms with E-state index >= 15 is 0 Å². The van der Waals surface area contributed by atoms with Gasteiger partial charge in [-0.15, -0.1) is 11.3 Å². The molecule has 0 aliphatic rings. The van der Waals surface area contributed by atoms with Gasteiger partial charge in [-0.25, -0.2) is 4.98 Å². The van der Waals surface area contributed by atoms with Crippen molar-refractivity contribution in [1.82, 2.24) is 10.3 Å². The second-order valence-corrected chi connectivity index (χ2v) is 7.53. The molecule has 0 aliphatic heterocycles. The second kappa shape index (κ2) is 7.71. The smallest absolute Gasteiger partial charge is 0.0896 e. The first-order chi connectivity index (χ1) is 10.0. The summed E-state index contributed by atoms with van der Waals surface area (Å²) in [4.78, 5) is 5.76. The highest BCUT2D eigenvalue weighted by atomic mass is 32.1. The maximum Gasteiger partial charge on any atom is 0.0896 e. The summed E-state index contributed by atoms with van der Waals surface area (Å²) in [5.74, 6) is 1.21. The summed E-state index contributed by atoms with van der Waals surface area (Å²) in [6.07, 6.45) is 3.10. The molecule has 0 fully saturated rings.